The molecule has 15 heavy (non-hydrogen) atoms. The molecular formula is C10H16O4P-. The number of hydrogen-bond donors (Lipinski definition) is 1. The Bertz CT molecular complexity index is 335. The first-order chi connectivity index (χ1) is 7.18. The van der Waals surface area contributed by atoms with Gasteiger partial charge in [-0.25, -0.2) is 6.07 Å². The molecule has 0 aliphatic carbocycles. The highest BCUT2D eigenvalue weighted by molar-refractivity contribution is 7.62. The van der Waals surface area contributed by atoms with E-state index in [0.29, 0.717) is 24.1 Å². The van der Waals surface area contributed by atoms with Crippen LogP contribution in [0.25, 0.3) is 0 Å². The molecule has 0 spiro atoms. The topological polar surface area (TPSA) is 55.8 Å². The van der Waals surface area contributed by atoms with Crippen LogP contribution in [0.1, 0.15) is 19.4 Å². The molecule has 0 amide bonds. The molecule has 0 radical (unpaired) electrons. The van der Waals surface area contributed by atoms with Crippen LogP contribution >= 0.6 is 7.60 Å². The number of hydrogen-bond acceptors (Lipinski definition) is 4. The minimum atomic E-state index is -3.24. The van der Waals surface area contributed by atoms with Gasteiger partial charge in [-0.05, 0) is 13.8 Å². The minimum Gasteiger partial charge on any atom is -0.405 e. The van der Waals surface area contributed by atoms with Gasteiger partial charge in [-0.3, -0.25) is 4.57 Å². The third-order valence-corrected chi connectivity index (χ3v) is 4.17. The standard InChI is InChI=1S/C10H16O4P/c1-3-13-15(12,14-4-2)10-7-5-6-9(10)8-11/h5-7,11H,3-4,8H2,1-2H3/q-1. The molecule has 0 atom stereocenters. The smallest absolute Gasteiger partial charge is 0.336 e. The van der Waals surface area contributed by atoms with Crippen LogP contribution in [0.15, 0.2) is 18.2 Å². The Morgan fingerprint density at radius 3 is 2.47 bits per heavy atom. The van der Waals surface area contributed by atoms with Gasteiger partial charge in [0, 0.05) is 6.61 Å². The zero-order valence-corrected chi connectivity index (χ0v) is 9.87. The van der Waals surface area contributed by atoms with Crippen molar-refractivity contribution in [3.05, 3.63) is 23.8 Å². The predicted molar refractivity (Wildman–Crippen MR) is 58.5 cm³/mol. The fourth-order valence-electron chi connectivity index (χ4n) is 1.36. The normalized spacial score (nSPS) is 11.9. The van der Waals surface area contributed by atoms with Gasteiger partial charge in [0.25, 0.3) is 0 Å². The summed E-state index contributed by atoms with van der Waals surface area (Å²) < 4.78 is 22.7. The van der Waals surface area contributed by atoms with Crippen molar-refractivity contribution in [3.8, 4) is 0 Å². The Kier molecular flexibility index (Phi) is 4.61. The van der Waals surface area contributed by atoms with Crippen LogP contribution in [0.5, 0.6) is 0 Å². The molecule has 0 saturated heterocycles. The van der Waals surface area contributed by atoms with E-state index in [0.717, 1.165) is 0 Å². The van der Waals surface area contributed by atoms with Gasteiger partial charge in [0.15, 0.2) is 0 Å². The van der Waals surface area contributed by atoms with E-state index in [1.54, 1.807) is 32.0 Å². The first-order valence-electron chi connectivity index (χ1n) is 4.93. The third-order valence-electron chi connectivity index (χ3n) is 1.94. The Morgan fingerprint density at radius 2 is 2.00 bits per heavy atom. The van der Waals surface area contributed by atoms with Crippen LogP contribution in [-0.2, 0) is 20.2 Å². The predicted octanol–water partition coefficient (Wildman–Crippen LogP) is 1.79. The van der Waals surface area contributed by atoms with E-state index in [9.17, 15) is 4.57 Å². The highest BCUT2D eigenvalue weighted by Gasteiger charge is 2.24. The van der Waals surface area contributed by atoms with E-state index in [4.69, 9.17) is 14.2 Å². The number of rotatable bonds is 6. The van der Waals surface area contributed by atoms with E-state index in [2.05, 4.69) is 0 Å². The van der Waals surface area contributed by atoms with Crippen molar-refractivity contribution in [2.75, 3.05) is 13.2 Å². The van der Waals surface area contributed by atoms with Crippen molar-refractivity contribution in [1.82, 2.24) is 0 Å². The van der Waals surface area contributed by atoms with Crippen molar-refractivity contribution >= 4 is 12.9 Å². The molecule has 1 rings (SSSR count). The molecular weight excluding hydrogens is 215 g/mol. The maximum absolute atomic E-state index is 12.3. The molecule has 0 heterocycles. The van der Waals surface area contributed by atoms with Gasteiger partial charge in [0.05, 0.1) is 13.2 Å². The fraction of sp³-hybridized carbons (Fsp3) is 0.500. The van der Waals surface area contributed by atoms with Crippen LogP contribution in [0.2, 0.25) is 0 Å². The van der Waals surface area contributed by atoms with Crippen molar-refractivity contribution < 1.29 is 18.7 Å². The van der Waals surface area contributed by atoms with Crippen LogP contribution in [-0.4, -0.2) is 18.3 Å². The highest BCUT2D eigenvalue weighted by Crippen LogP contribution is 2.47. The molecule has 0 aromatic heterocycles. The molecule has 1 N–H and O–H groups in total. The number of aliphatic hydroxyl groups is 1. The summed E-state index contributed by atoms with van der Waals surface area (Å²) in [5.41, 5.74) is 0.597. The van der Waals surface area contributed by atoms with Crippen molar-refractivity contribution in [2.24, 2.45) is 0 Å². The summed E-state index contributed by atoms with van der Waals surface area (Å²) in [6.45, 7) is 3.98. The van der Waals surface area contributed by atoms with E-state index in [1.165, 1.54) is 0 Å². The second kappa shape index (κ2) is 5.52. The summed E-state index contributed by atoms with van der Waals surface area (Å²) in [6.07, 6.45) is 0. The van der Waals surface area contributed by atoms with E-state index < -0.39 is 7.60 Å². The molecule has 0 saturated carbocycles. The summed E-state index contributed by atoms with van der Waals surface area (Å²) in [6, 6.07) is 5.10. The lowest BCUT2D eigenvalue weighted by Crippen LogP contribution is -2.12. The molecule has 0 bridgehead atoms. The molecule has 0 fully saturated rings. The Hall–Kier alpha value is -0.540. The average Bonchev–Trinajstić information content (AvgIpc) is 2.66. The van der Waals surface area contributed by atoms with E-state index >= 15 is 0 Å². The zero-order chi connectivity index (χ0) is 11.3. The lowest BCUT2D eigenvalue weighted by molar-refractivity contribution is 0.228. The lowest BCUT2D eigenvalue weighted by Gasteiger charge is -2.21. The minimum absolute atomic E-state index is 0.160. The van der Waals surface area contributed by atoms with Crippen LogP contribution < -0.4 is 5.30 Å². The zero-order valence-electron chi connectivity index (χ0n) is 8.97. The van der Waals surface area contributed by atoms with Crippen LogP contribution in [0, 0.1) is 0 Å². The summed E-state index contributed by atoms with van der Waals surface area (Å²) in [5.74, 6) is 0. The largest absolute Gasteiger partial charge is 0.405 e. The molecule has 1 aromatic rings. The van der Waals surface area contributed by atoms with Gasteiger partial charge in [-0.15, -0.1) is 0 Å². The van der Waals surface area contributed by atoms with Crippen LogP contribution in [0.3, 0.4) is 0 Å². The highest BCUT2D eigenvalue weighted by atomic mass is 31.2. The third kappa shape index (κ3) is 2.73. The fourth-order valence-corrected chi connectivity index (χ4v) is 3.16. The molecule has 0 unspecified atom stereocenters. The summed E-state index contributed by atoms with van der Waals surface area (Å²) in [5, 5.41) is 9.54. The Labute approximate surface area is 89.7 Å². The van der Waals surface area contributed by atoms with Gasteiger partial charge < -0.3 is 14.2 Å². The average molecular weight is 231 g/mol. The maximum Gasteiger partial charge on any atom is 0.336 e. The second-order valence-corrected chi connectivity index (χ2v) is 4.92. The second-order valence-electron chi connectivity index (χ2n) is 2.93. The van der Waals surface area contributed by atoms with Crippen molar-refractivity contribution in [2.45, 2.75) is 20.5 Å². The summed E-state index contributed by atoms with van der Waals surface area (Å²) in [4.78, 5) is 0. The molecule has 5 heteroatoms. The number of aliphatic hydroxyl groups excluding tert-OH is 1. The van der Waals surface area contributed by atoms with Crippen LogP contribution in [0.4, 0.5) is 0 Å². The molecule has 0 aliphatic heterocycles. The lowest BCUT2D eigenvalue weighted by atomic mass is 10.4. The quantitative estimate of drug-likeness (QED) is 0.599. The van der Waals surface area contributed by atoms with Gasteiger partial charge in [0.1, 0.15) is 0 Å². The monoisotopic (exact) mass is 231 g/mol. The molecule has 86 valence electrons. The van der Waals surface area contributed by atoms with Gasteiger partial charge in [-0.1, -0.05) is 5.30 Å². The molecule has 0 aliphatic rings. The van der Waals surface area contributed by atoms with Gasteiger partial charge in [-0.2, -0.15) is 17.7 Å². The van der Waals surface area contributed by atoms with E-state index in [1.807, 2.05) is 0 Å². The first kappa shape index (κ1) is 12.5. The van der Waals surface area contributed by atoms with Crippen molar-refractivity contribution in [3.63, 3.8) is 0 Å². The SMILES string of the molecule is CCOP(=O)(OCC)c1[cH-]ccc1CO. The molecule has 1 aromatic carbocycles. The first-order valence-corrected chi connectivity index (χ1v) is 6.47. The van der Waals surface area contributed by atoms with Gasteiger partial charge in [0.2, 0.25) is 0 Å². The van der Waals surface area contributed by atoms with E-state index in [-0.39, 0.29) is 6.61 Å². The Morgan fingerprint density at radius 1 is 1.40 bits per heavy atom. The summed E-state index contributed by atoms with van der Waals surface area (Å²) in [7, 11) is -3.24. The van der Waals surface area contributed by atoms with Crippen molar-refractivity contribution in [1.29, 1.82) is 0 Å². The Balaban J connectivity index is 3.03. The summed E-state index contributed by atoms with van der Waals surface area (Å²) >= 11 is 0. The van der Waals surface area contributed by atoms with Gasteiger partial charge >= 0.3 is 7.60 Å². The maximum atomic E-state index is 12.3. The molecule has 4 nitrogen and oxygen atoms in total.